The maximum absolute atomic E-state index is 12.8. The molecule has 12 heavy (non-hydrogen) atoms. The van der Waals surface area contributed by atoms with Crippen molar-refractivity contribution in [3.05, 3.63) is 42.1 Å². The minimum atomic E-state index is -0.313. The molecule has 0 aliphatic carbocycles. The molecule has 1 aromatic carbocycles. The molecule has 0 aromatic heterocycles. The fourth-order valence-electron chi connectivity index (χ4n) is 1.05. The topological polar surface area (TPSA) is 20.2 Å². The molecule has 0 aliphatic heterocycles. The molecule has 0 bridgehead atoms. The molecule has 0 amide bonds. The van der Waals surface area contributed by atoms with Gasteiger partial charge < -0.3 is 5.11 Å². The fourth-order valence-corrected chi connectivity index (χ4v) is 1.05. The SMILES string of the molecule is [CH2]C(C)c1cc(F)cc(CO)c1. The van der Waals surface area contributed by atoms with Crippen LogP contribution in [-0.4, -0.2) is 5.11 Å². The Morgan fingerprint density at radius 2 is 2.17 bits per heavy atom. The summed E-state index contributed by atoms with van der Waals surface area (Å²) in [4.78, 5) is 0. The summed E-state index contributed by atoms with van der Waals surface area (Å²) in [7, 11) is 0. The molecule has 65 valence electrons. The van der Waals surface area contributed by atoms with E-state index in [-0.39, 0.29) is 18.3 Å². The van der Waals surface area contributed by atoms with Gasteiger partial charge in [-0.25, -0.2) is 4.39 Å². The lowest BCUT2D eigenvalue weighted by Crippen LogP contribution is -1.93. The van der Waals surface area contributed by atoms with Gasteiger partial charge in [-0.15, -0.1) is 0 Å². The van der Waals surface area contributed by atoms with Gasteiger partial charge in [0.2, 0.25) is 0 Å². The summed E-state index contributed by atoms with van der Waals surface area (Å²) in [5.74, 6) is -0.266. The van der Waals surface area contributed by atoms with Crippen molar-refractivity contribution in [1.29, 1.82) is 0 Å². The molecule has 1 rings (SSSR count). The van der Waals surface area contributed by atoms with Crippen molar-refractivity contribution < 1.29 is 9.50 Å². The zero-order chi connectivity index (χ0) is 9.14. The van der Waals surface area contributed by atoms with E-state index in [0.29, 0.717) is 5.56 Å². The highest BCUT2D eigenvalue weighted by molar-refractivity contribution is 5.27. The van der Waals surface area contributed by atoms with E-state index in [2.05, 4.69) is 6.92 Å². The molecule has 1 N–H and O–H groups in total. The molecule has 1 atom stereocenters. The second kappa shape index (κ2) is 3.68. The van der Waals surface area contributed by atoms with Gasteiger partial charge >= 0.3 is 0 Å². The third-order valence-electron chi connectivity index (χ3n) is 1.73. The van der Waals surface area contributed by atoms with Crippen LogP contribution in [0.15, 0.2) is 18.2 Å². The molecule has 0 spiro atoms. The van der Waals surface area contributed by atoms with Gasteiger partial charge in [0.1, 0.15) is 5.82 Å². The largest absolute Gasteiger partial charge is 0.392 e. The van der Waals surface area contributed by atoms with E-state index in [1.165, 1.54) is 12.1 Å². The van der Waals surface area contributed by atoms with Gasteiger partial charge in [0.05, 0.1) is 6.61 Å². The van der Waals surface area contributed by atoms with E-state index < -0.39 is 0 Å². The zero-order valence-corrected chi connectivity index (χ0v) is 7.05. The van der Waals surface area contributed by atoms with Crippen molar-refractivity contribution in [3.63, 3.8) is 0 Å². The normalized spacial score (nSPS) is 10.8. The lowest BCUT2D eigenvalue weighted by atomic mass is 10.0. The van der Waals surface area contributed by atoms with E-state index in [9.17, 15) is 4.39 Å². The molecule has 0 saturated heterocycles. The van der Waals surface area contributed by atoms with Gasteiger partial charge in [-0.05, 0) is 36.1 Å². The van der Waals surface area contributed by atoms with Crippen LogP contribution >= 0.6 is 0 Å². The van der Waals surface area contributed by atoms with Gasteiger partial charge in [0.15, 0.2) is 0 Å². The smallest absolute Gasteiger partial charge is 0.123 e. The van der Waals surface area contributed by atoms with Crippen molar-refractivity contribution >= 4 is 0 Å². The molecule has 2 heteroatoms. The highest BCUT2D eigenvalue weighted by atomic mass is 19.1. The van der Waals surface area contributed by atoms with Crippen LogP contribution in [0.1, 0.15) is 24.0 Å². The number of aliphatic hydroxyl groups is 1. The summed E-state index contributed by atoms with van der Waals surface area (Å²) in [6.45, 7) is 5.53. The highest BCUT2D eigenvalue weighted by Crippen LogP contribution is 2.17. The monoisotopic (exact) mass is 167 g/mol. The Morgan fingerprint density at radius 3 is 2.67 bits per heavy atom. The molecule has 1 aromatic rings. The van der Waals surface area contributed by atoms with Crippen LogP contribution in [0.3, 0.4) is 0 Å². The third kappa shape index (κ3) is 2.05. The number of halogens is 1. The van der Waals surface area contributed by atoms with E-state index in [1.54, 1.807) is 6.07 Å². The molecule has 0 heterocycles. The molecular formula is C10H12FO. The molecule has 1 radical (unpaired) electrons. The van der Waals surface area contributed by atoms with Crippen molar-refractivity contribution in [3.8, 4) is 0 Å². The highest BCUT2D eigenvalue weighted by Gasteiger charge is 2.03. The molecular weight excluding hydrogens is 155 g/mol. The average molecular weight is 167 g/mol. The Hall–Kier alpha value is -0.890. The molecule has 0 saturated carbocycles. The van der Waals surface area contributed by atoms with Crippen LogP contribution in [0.5, 0.6) is 0 Å². The number of rotatable bonds is 2. The summed E-state index contributed by atoms with van der Waals surface area (Å²) in [6.07, 6.45) is 0. The first-order valence-electron chi connectivity index (χ1n) is 3.87. The standard InChI is InChI=1S/C10H12FO/c1-7(2)9-3-8(6-12)4-10(11)5-9/h3-5,7,12H,1,6H2,2H3. The molecule has 0 aliphatic rings. The predicted molar refractivity (Wildman–Crippen MR) is 46.1 cm³/mol. The van der Waals surface area contributed by atoms with E-state index in [1.807, 2.05) is 6.92 Å². The summed E-state index contributed by atoms with van der Waals surface area (Å²) in [5.41, 5.74) is 1.42. The number of benzene rings is 1. The van der Waals surface area contributed by atoms with Crippen molar-refractivity contribution in [2.75, 3.05) is 0 Å². The maximum atomic E-state index is 12.8. The van der Waals surface area contributed by atoms with Crippen LogP contribution in [-0.2, 0) is 6.61 Å². The average Bonchev–Trinajstić information content (AvgIpc) is 2.03. The number of hydrogen-bond donors (Lipinski definition) is 1. The molecule has 0 fully saturated rings. The fraction of sp³-hybridized carbons (Fsp3) is 0.300. The second-order valence-electron chi connectivity index (χ2n) is 2.95. The Morgan fingerprint density at radius 1 is 1.50 bits per heavy atom. The first-order valence-corrected chi connectivity index (χ1v) is 3.87. The van der Waals surface area contributed by atoms with Gasteiger partial charge in [0.25, 0.3) is 0 Å². The van der Waals surface area contributed by atoms with Crippen LogP contribution in [0, 0.1) is 12.7 Å². The quantitative estimate of drug-likeness (QED) is 0.716. The Balaban J connectivity index is 3.06. The minimum absolute atomic E-state index is 0.0472. The van der Waals surface area contributed by atoms with Crippen LogP contribution in [0.25, 0.3) is 0 Å². The lowest BCUT2D eigenvalue weighted by Gasteiger charge is -2.06. The van der Waals surface area contributed by atoms with Crippen LogP contribution in [0.4, 0.5) is 4.39 Å². The Labute approximate surface area is 71.9 Å². The van der Waals surface area contributed by atoms with Crippen molar-refractivity contribution in [2.24, 2.45) is 0 Å². The Kier molecular flexibility index (Phi) is 2.82. The summed E-state index contributed by atoms with van der Waals surface area (Å²) < 4.78 is 12.8. The van der Waals surface area contributed by atoms with Crippen LogP contribution in [0.2, 0.25) is 0 Å². The number of hydrogen-bond acceptors (Lipinski definition) is 1. The maximum Gasteiger partial charge on any atom is 0.123 e. The van der Waals surface area contributed by atoms with Crippen molar-refractivity contribution in [2.45, 2.75) is 19.4 Å². The van der Waals surface area contributed by atoms with E-state index >= 15 is 0 Å². The minimum Gasteiger partial charge on any atom is -0.392 e. The third-order valence-corrected chi connectivity index (χ3v) is 1.73. The first kappa shape index (κ1) is 9.20. The summed E-state index contributed by atoms with van der Waals surface area (Å²) in [6, 6.07) is 4.53. The lowest BCUT2D eigenvalue weighted by molar-refractivity contribution is 0.281. The zero-order valence-electron chi connectivity index (χ0n) is 7.05. The molecule has 1 nitrogen and oxygen atoms in total. The van der Waals surface area contributed by atoms with Crippen molar-refractivity contribution in [1.82, 2.24) is 0 Å². The Bertz CT molecular complexity index is 269. The van der Waals surface area contributed by atoms with Gasteiger partial charge in [-0.1, -0.05) is 13.0 Å². The summed E-state index contributed by atoms with van der Waals surface area (Å²) in [5, 5.41) is 8.78. The van der Waals surface area contributed by atoms with E-state index in [0.717, 1.165) is 5.56 Å². The van der Waals surface area contributed by atoms with Gasteiger partial charge in [0, 0.05) is 0 Å². The van der Waals surface area contributed by atoms with Crippen LogP contribution < -0.4 is 0 Å². The van der Waals surface area contributed by atoms with Gasteiger partial charge in [-0.2, -0.15) is 0 Å². The van der Waals surface area contributed by atoms with Gasteiger partial charge in [-0.3, -0.25) is 0 Å². The van der Waals surface area contributed by atoms with E-state index in [4.69, 9.17) is 5.11 Å². The second-order valence-corrected chi connectivity index (χ2v) is 2.95. The molecule has 1 unspecified atom stereocenters. The summed E-state index contributed by atoms with van der Waals surface area (Å²) >= 11 is 0. The number of aliphatic hydroxyl groups excluding tert-OH is 1. The predicted octanol–water partition coefficient (Wildman–Crippen LogP) is 2.26. The first-order chi connectivity index (χ1) is 5.63.